The third-order valence-electron chi connectivity index (χ3n) is 3.26. The highest BCUT2D eigenvalue weighted by Crippen LogP contribution is 2.35. The molecule has 1 saturated heterocycles. The average molecular weight is 256 g/mol. The molecule has 0 spiro atoms. The number of ether oxygens (including phenoxy) is 1. The number of hydrogen-bond acceptors (Lipinski definition) is 1. The lowest BCUT2D eigenvalue weighted by Crippen LogP contribution is -2.29. The molecule has 0 amide bonds. The van der Waals surface area contributed by atoms with Crippen molar-refractivity contribution in [2.75, 3.05) is 0 Å². The van der Waals surface area contributed by atoms with Crippen molar-refractivity contribution in [3.8, 4) is 0 Å². The number of allylic oxidation sites excluding steroid dienone is 7. The lowest BCUT2D eigenvalue weighted by atomic mass is 9.87. The van der Waals surface area contributed by atoms with Crippen LogP contribution in [-0.2, 0) is 4.74 Å². The van der Waals surface area contributed by atoms with E-state index in [9.17, 15) is 0 Å². The van der Waals surface area contributed by atoms with Crippen LogP contribution in [0.2, 0.25) is 0 Å². The van der Waals surface area contributed by atoms with Crippen molar-refractivity contribution in [3.63, 3.8) is 0 Å². The largest absolute Gasteiger partial charge is 0.486 e. The first kappa shape index (κ1) is 15.3. The Kier molecular flexibility index (Phi) is 6.14. The van der Waals surface area contributed by atoms with E-state index in [1.807, 2.05) is 38.2 Å². The van der Waals surface area contributed by atoms with Gasteiger partial charge in [0.2, 0.25) is 0 Å². The normalized spacial score (nSPS) is 28.7. The van der Waals surface area contributed by atoms with E-state index in [0.717, 1.165) is 17.8 Å². The highest BCUT2D eigenvalue weighted by Gasteiger charge is 2.29. The van der Waals surface area contributed by atoms with Crippen molar-refractivity contribution in [2.24, 2.45) is 5.92 Å². The molecule has 2 atom stereocenters. The quantitative estimate of drug-likeness (QED) is 0.635. The molecule has 1 fully saturated rings. The minimum absolute atomic E-state index is 0.0597. The molecule has 0 N–H and O–H groups in total. The second kappa shape index (κ2) is 7.63. The summed E-state index contributed by atoms with van der Waals surface area (Å²) in [5.74, 6) is 1.39. The molecule has 0 aromatic carbocycles. The molecule has 1 heteroatoms. The van der Waals surface area contributed by atoms with Crippen LogP contribution in [0.4, 0.5) is 0 Å². The predicted octanol–water partition coefficient (Wildman–Crippen LogP) is 5.12. The van der Waals surface area contributed by atoms with Gasteiger partial charge in [-0.2, -0.15) is 0 Å². The molecule has 1 rings (SSSR count). The van der Waals surface area contributed by atoms with Crippen LogP contribution in [0.1, 0.15) is 27.2 Å². The van der Waals surface area contributed by atoms with E-state index < -0.39 is 0 Å². The first-order chi connectivity index (χ1) is 9.17. The van der Waals surface area contributed by atoms with Gasteiger partial charge >= 0.3 is 0 Å². The summed E-state index contributed by atoms with van der Waals surface area (Å²) in [4.78, 5) is 0. The van der Waals surface area contributed by atoms with Gasteiger partial charge in [-0.25, -0.2) is 0 Å². The summed E-state index contributed by atoms with van der Waals surface area (Å²) in [6.45, 7) is 13.9. The van der Waals surface area contributed by atoms with Crippen molar-refractivity contribution in [1.29, 1.82) is 0 Å². The van der Waals surface area contributed by atoms with Crippen molar-refractivity contribution < 1.29 is 4.74 Å². The Balaban J connectivity index is 3.03. The van der Waals surface area contributed by atoms with Crippen LogP contribution < -0.4 is 0 Å². The van der Waals surface area contributed by atoms with Crippen LogP contribution in [0.15, 0.2) is 72.6 Å². The fraction of sp³-hybridized carbons (Fsp3) is 0.333. The lowest BCUT2D eigenvalue weighted by molar-refractivity contribution is 0.0833. The van der Waals surface area contributed by atoms with E-state index >= 15 is 0 Å². The van der Waals surface area contributed by atoms with Crippen molar-refractivity contribution in [3.05, 3.63) is 72.6 Å². The molecule has 0 saturated carbocycles. The summed E-state index contributed by atoms with van der Waals surface area (Å²) < 4.78 is 6.13. The summed E-state index contributed by atoms with van der Waals surface area (Å²) in [5.41, 5.74) is 2.35. The minimum Gasteiger partial charge on any atom is -0.486 e. The molecule has 1 aliphatic rings. The van der Waals surface area contributed by atoms with E-state index in [1.165, 1.54) is 5.57 Å². The van der Waals surface area contributed by atoms with Gasteiger partial charge in [0, 0.05) is 5.92 Å². The summed E-state index contributed by atoms with van der Waals surface area (Å²) in [7, 11) is 0. The molecule has 102 valence electrons. The van der Waals surface area contributed by atoms with Crippen LogP contribution in [-0.4, -0.2) is 6.10 Å². The van der Waals surface area contributed by atoms with Crippen LogP contribution in [0.25, 0.3) is 0 Å². The van der Waals surface area contributed by atoms with Crippen LogP contribution in [0, 0.1) is 5.92 Å². The molecular weight excluding hydrogens is 232 g/mol. The maximum absolute atomic E-state index is 6.13. The topological polar surface area (TPSA) is 9.23 Å². The molecule has 1 nitrogen and oxygen atoms in total. The Bertz CT molecular complexity index is 446. The summed E-state index contributed by atoms with van der Waals surface area (Å²) in [6, 6.07) is 0. The summed E-state index contributed by atoms with van der Waals surface area (Å²) in [6.07, 6.45) is 14.9. The molecule has 0 aromatic rings. The van der Waals surface area contributed by atoms with Crippen LogP contribution in [0.5, 0.6) is 0 Å². The number of hydrogen-bond donors (Lipinski definition) is 0. The van der Waals surface area contributed by atoms with Gasteiger partial charge in [-0.3, -0.25) is 0 Å². The smallest absolute Gasteiger partial charge is 0.127 e. The first-order valence-electron chi connectivity index (χ1n) is 6.78. The van der Waals surface area contributed by atoms with E-state index in [1.54, 1.807) is 6.08 Å². The lowest BCUT2D eigenvalue weighted by Gasteiger charge is -2.34. The molecule has 0 aromatic heterocycles. The molecular formula is C18H24O. The van der Waals surface area contributed by atoms with E-state index in [4.69, 9.17) is 4.74 Å². The average Bonchev–Trinajstić information content (AvgIpc) is 2.43. The standard InChI is InChI=1S/C18H24O/c1-6-10-12-16-13-14(5)18(19-17(16)9-4)15(8-3)11-7-2/h6-12,14,18H,2-3,13H2,1,4-5H3/b10-6-,15-11+,16-12-,17-9+/t14-,18+/m1/s1. The zero-order valence-electron chi connectivity index (χ0n) is 12.2. The molecule has 1 aliphatic heterocycles. The molecule has 0 bridgehead atoms. The highest BCUT2D eigenvalue weighted by atomic mass is 16.5. The van der Waals surface area contributed by atoms with Gasteiger partial charge in [0.15, 0.2) is 0 Å². The van der Waals surface area contributed by atoms with Crippen molar-refractivity contribution in [2.45, 2.75) is 33.3 Å². The predicted molar refractivity (Wildman–Crippen MR) is 83.8 cm³/mol. The Morgan fingerprint density at radius 2 is 2.05 bits per heavy atom. The first-order valence-corrected chi connectivity index (χ1v) is 6.78. The van der Waals surface area contributed by atoms with Crippen molar-refractivity contribution >= 4 is 0 Å². The Hall–Kier alpha value is -1.76. The van der Waals surface area contributed by atoms with Gasteiger partial charge in [0.25, 0.3) is 0 Å². The van der Waals surface area contributed by atoms with Crippen molar-refractivity contribution in [1.82, 2.24) is 0 Å². The molecule has 0 aliphatic carbocycles. The molecule has 1 heterocycles. The number of rotatable bonds is 4. The maximum Gasteiger partial charge on any atom is 0.127 e. The van der Waals surface area contributed by atoms with Crippen LogP contribution >= 0.6 is 0 Å². The zero-order chi connectivity index (χ0) is 14.3. The van der Waals surface area contributed by atoms with Gasteiger partial charge in [0.05, 0.1) is 0 Å². The van der Waals surface area contributed by atoms with Gasteiger partial charge in [-0.05, 0) is 37.5 Å². The zero-order valence-corrected chi connectivity index (χ0v) is 12.2. The Morgan fingerprint density at radius 3 is 2.58 bits per heavy atom. The van der Waals surface area contributed by atoms with Crippen LogP contribution in [0.3, 0.4) is 0 Å². The Labute approximate surface area is 117 Å². The van der Waals surface area contributed by atoms with Gasteiger partial charge < -0.3 is 4.74 Å². The fourth-order valence-corrected chi connectivity index (χ4v) is 2.31. The minimum atomic E-state index is 0.0597. The summed E-state index contributed by atoms with van der Waals surface area (Å²) in [5, 5.41) is 0. The van der Waals surface area contributed by atoms with E-state index in [-0.39, 0.29) is 6.10 Å². The molecule has 0 unspecified atom stereocenters. The SMILES string of the molecule is C=C/C=C(\C=C)[C@H]1OC(=C/C)/C(=C\C=C/C)C[C@H]1C. The maximum atomic E-state index is 6.13. The monoisotopic (exact) mass is 256 g/mol. The second-order valence-electron chi connectivity index (χ2n) is 4.70. The third kappa shape index (κ3) is 3.85. The third-order valence-corrected chi connectivity index (χ3v) is 3.26. The molecule has 0 radical (unpaired) electrons. The highest BCUT2D eigenvalue weighted by molar-refractivity contribution is 5.36. The Morgan fingerprint density at radius 1 is 1.32 bits per heavy atom. The van der Waals surface area contributed by atoms with Gasteiger partial charge in [0.1, 0.15) is 11.9 Å². The molecule has 19 heavy (non-hydrogen) atoms. The van der Waals surface area contributed by atoms with E-state index in [0.29, 0.717) is 5.92 Å². The van der Waals surface area contributed by atoms with Gasteiger partial charge in [-0.15, -0.1) is 0 Å². The fourth-order valence-electron chi connectivity index (χ4n) is 2.31. The van der Waals surface area contributed by atoms with E-state index in [2.05, 4.69) is 32.2 Å². The second-order valence-corrected chi connectivity index (χ2v) is 4.70. The summed E-state index contributed by atoms with van der Waals surface area (Å²) >= 11 is 0. The van der Waals surface area contributed by atoms with Gasteiger partial charge in [-0.1, -0.05) is 56.5 Å².